The van der Waals surface area contributed by atoms with Crippen molar-refractivity contribution in [3.63, 3.8) is 0 Å². The Bertz CT molecular complexity index is 240. The minimum atomic E-state index is 0.472. The normalized spacial score (nSPS) is 28.2. The van der Waals surface area contributed by atoms with Gasteiger partial charge in [-0.05, 0) is 59.8 Å². The number of rotatable bonds is 5. The first-order valence-electron chi connectivity index (χ1n) is 7.72. The van der Waals surface area contributed by atoms with Crippen molar-refractivity contribution in [3.05, 3.63) is 0 Å². The third-order valence-corrected chi connectivity index (χ3v) is 4.99. The van der Waals surface area contributed by atoms with E-state index in [4.69, 9.17) is 0 Å². The molecular formula is C15H31N3. The summed E-state index contributed by atoms with van der Waals surface area (Å²) in [6.07, 6.45) is 9.71. The Balaban J connectivity index is 1.78. The van der Waals surface area contributed by atoms with E-state index in [1.165, 1.54) is 64.6 Å². The predicted octanol–water partition coefficient (Wildman–Crippen LogP) is 1.93. The van der Waals surface area contributed by atoms with Gasteiger partial charge in [-0.3, -0.25) is 0 Å². The zero-order chi connectivity index (χ0) is 13.0. The summed E-state index contributed by atoms with van der Waals surface area (Å²) in [7, 11) is 6.80. The monoisotopic (exact) mass is 253 g/mol. The molecule has 106 valence electrons. The summed E-state index contributed by atoms with van der Waals surface area (Å²) in [5.41, 5.74) is 0.472. The molecule has 18 heavy (non-hydrogen) atoms. The van der Waals surface area contributed by atoms with Gasteiger partial charge in [0.05, 0.1) is 0 Å². The van der Waals surface area contributed by atoms with Gasteiger partial charge in [0.2, 0.25) is 0 Å². The molecule has 3 heteroatoms. The molecule has 1 aliphatic carbocycles. The van der Waals surface area contributed by atoms with Crippen LogP contribution in [0.2, 0.25) is 0 Å². The fourth-order valence-electron chi connectivity index (χ4n) is 3.53. The molecule has 2 rings (SSSR count). The van der Waals surface area contributed by atoms with E-state index < -0.39 is 0 Å². The molecule has 1 N–H and O–H groups in total. The number of nitrogens with zero attached hydrogens (tertiary/aromatic N) is 2. The first kappa shape index (κ1) is 14.3. The van der Waals surface area contributed by atoms with Gasteiger partial charge in [-0.1, -0.05) is 12.8 Å². The van der Waals surface area contributed by atoms with Crippen molar-refractivity contribution in [2.24, 2.45) is 0 Å². The van der Waals surface area contributed by atoms with E-state index in [1.807, 2.05) is 0 Å². The SMILES string of the molecule is CN(CC1CCCCCN1)CC1(N(C)C)CCC1. The summed E-state index contributed by atoms with van der Waals surface area (Å²) < 4.78 is 0. The van der Waals surface area contributed by atoms with Crippen LogP contribution >= 0.6 is 0 Å². The lowest BCUT2D eigenvalue weighted by molar-refractivity contribution is 0.0255. The van der Waals surface area contributed by atoms with E-state index in [0.717, 1.165) is 6.04 Å². The summed E-state index contributed by atoms with van der Waals surface area (Å²) in [5, 5.41) is 3.71. The van der Waals surface area contributed by atoms with E-state index in [0.29, 0.717) is 5.54 Å². The van der Waals surface area contributed by atoms with Crippen LogP contribution in [-0.2, 0) is 0 Å². The van der Waals surface area contributed by atoms with Crippen LogP contribution < -0.4 is 5.32 Å². The smallest absolute Gasteiger partial charge is 0.0330 e. The largest absolute Gasteiger partial charge is 0.313 e. The third kappa shape index (κ3) is 3.46. The maximum atomic E-state index is 3.71. The molecule has 1 aliphatic heterocycles. The molecule has 1 saturated carbocycles. The second-order valence-corrected chi connectivity index (χ2v) is 6.67. The van der Waals surface area contributed by atoms with Gasteiger partial charge in [-0.25, -0.2) is 0 Å². The Morgan fingerprint density at radius 3 is 2.44 bits per heavy atom. The van der Waals surface area contributed by atoms with E-state index >= 15 is 0 Å². The van der Waals surface area contributed by atoms with Crippen molar-refractivity contribution < 1.29 is 0 Å². The fourth-order valence-corrected chi connectivity index (χ4v) is 3.53. The van der Waals surface area contributed by atoms with Crippen molar-refractivity contribution in [1.29, 1.82) is 0 Å². The lowest BCUT2D eigenvalue weighted by Gasteiger charge is -2.49. The summed E-state index contributed by atoms with van der Waals surface area (Å²) in [6.45, 7) is 3.67. The molecule has 0 bridgehead atoms. The minimum absolute atomic E-state index is 0.472. The Morgan fingerprint density at radius 2 is 1.83 bits per heavy atom. The maximum absolute atomic E-state index is 3.71. The Morgan fingerprint density at radius 1 is 1.06 bits per heavy atom. The highest BCUT2D eigenvalue weighted by molar-refractivity contribution is 4.98. The van der Waals surface area contributed by atoms with Gasteiger partial charge < -0.3 is 15.1 Å². The summed E-state index contributed by atoms with van der Waals surface area (Å²) in [4.78, 5) is 5.01. The highest BCUT2D eigenvalue weighted by Gasteiger charge is 2.39. The van der Waals surface area contributed by atoms with Crippen LogP contribution in [0.3, 0.4) is 0 Å². The van der Waals surface area contributed by atoms with E-state index in [2.05, 4.69) is 36.3 Å². The van der Waals surface area contributed by atoms with Crippen LogP contribution in [0.4, 0.5) is 0 Å². The van der Waals surface area contributed by atoms with Gasteiger partial charge in [0.15, 0.2) is 0 Å². The molecule has 1 saturated heterocycles. The topological polar surface area (TPSA) is 18.5 Å². The van der Waals surface area contributed by atoms with Gasteiger partial charge in [0.1, 0.15) is 0 Å². The van der Waals surface area contributed by atoms with Crippen molar-refractivity contribution in [3.8, 4) is 0 Å². The summed E-state index contributed by atoms with van der Waals surface area (Å²) in [6, 6.07) is 0.719. The van der Waals surface area contributed by atoms with Crippen LogP contribution in [0.25, 0.3) is 0 Å². The van der Waals surface area contributed by atoms with Gasteiger partial charge in [0.25, 0.3) is 0 Å². The number of hydrogen-bond donors (Lipinski definition) is 1. The third-order valence-electron chi connectivity index (χ3n) is 4.99. The zero-order valence-corrected chi connectivity index (χ0v) is 12.5. The number of nitrogens with one attached hydrogen (secondary N) is 1. The Hall–Kier alpha value is -0.120. The number of hydrogen-bond acceptors (Lipinski definition) is 3. The quantitative estimate of drug-likeness (QED) is 0.808. The van der Waals surface area contributed by atoms with Gasteiger partial charge >= 0.3 is 0 Å². The van der Waals surface area contributed by atoms with Crippen LogP contribution in [0, 0.1) is 0 Å². The molecule has 0 spiro atoms. The molecule has 2 aliphatic rings. The molecule has 2 fully saturated rings. The molecule has 0 aromatic heterocycles. The van der Waals surface area contributed by atoms with Crippen LogP contribution in [0.15, 0.2) is 0 Å². The molecule has 0 aromatic carbocycles. The second kappa shape index (κ2) is 6.36. The average Bonchev–Trinajstić information content (AvgIpc) is 2.51. The molecule has 1 heterocycles. The average molecular weight is 253 g/mol. The molecular weight excluding hydrogens is 222 g/mol. The molecule has 1 unspecified atom stereocenters. The Labute approximate surface area is 113 Å². The first-order chi connectivity index (χ1) is 8.62. The summed E-state index contributed by atoms with van der Waals surface area (Å²) in [5.74, 6) is 0. The van der Waals surface area contributed by atoms with E-state index in [-0.39, 0.29) is 0 Å². The summed E-state index contributed by atoms with van der Waals surface area (Å²) >= 11 is 0. The van der Waals surface area contributed by atoms with Gasteiger partial charge in [-0.2, -0.15) is 0 Å². The fraction of sp³-hybridized carbons (Fsp3) is 1.00. The van der Waals surface area contributed by atoms with Crippen molar-refractivity contribution in [2.75, 3.05) is 40.8 Å². The van der Waals surface area contributed by atoms with Crippen LogP contribution in [0.1, 0.15) is 44.9 Å². The minimum Gasteiger partial charge on any atom is -0.313 e. The number of likely N-dealkylation sites (N-methyl/N-ethyl adjacent to an activating group) is 2. The lowest BCUT2D eigenvalue weighted by Crippen LogP contribution is -2.57. The van der Waals surface area contributed by atoms with Gasteiger partial charge in [-0.15, -0.1) is 0 Å². The first-order valence-corrected chi connectivity index (χ1v) is 7.72. The molecule has 3 nitrogen and oxygen atoms in total. The van der Waals surface area contributed by atoms with Gasteiger partial charge in [0, 0.05) is 24.7 Å². The van der Waals surface area contributed by atoms with Crippen LogP contribution in [-0.4, -0.2) is 62.2 Å². The second-order valence-electron chi connectivity index (χ2n) is 6.67. The van der Waals surface area contributed by atoms with Crippen molar-refractivity contribution >= 4 is 0 Å². The zero-order valence-electron chi connectivity index (χ0n) is 12.5. The lowest BCUT2D eigenvalue weighted by atomic mass is 9.75. The van der Waals surface area contributed by atoms with Crippen LogP contribution in [0.5, 0.6) is 0 Å². The predicted molar refractivity (Wildman–Crippen MR) is 78.0 cm³/mol. The standard InChI is InChI=1S/C15H31N3/c1-17(2)15(9-7-10-15)13-18(3)12-14-8-5-4-6-11-16-14/h14,16H,4-13H2,1-3H3. The maximum Gasteiger partial charge on any atom is 0.0330 e. The van der Waals surface area contributed by atoms with Crippen molar-refractivity contribution in [1.82, 2.24) is 15.1 Å². The molecule has 0 amide bonds. The molecule has 0 radical (unpaired) electrons. The molecule has 1 atom stereocenters. The van der Waals surface area contributed by atoms with E-state index in [9.17, 15) is 0 Å². The molecule has 0 aromatic rings. The Kier molecular flexibility index (Phi) is 5.05. The highest BCUT2D eigenvalue weighted by atomic mass is 15.2. The van der Waals surface area contributed by atoms with E-state index in [1.54, 1.807) is 0 Å². The van der Waals surface area contributed by atoms with Crippen molar-refractivity contribution in [2.45, 2.75) is 56.5 Å². The highest BCUT2D eigenvalue weighted by Crippen LogP contribution is 2.36.